The van der Waals surface area contributed by atoms with Gasteiger partial charge >= 0.3 is 5.69 Å². The van der Waals surface area contributed by atoms with E-state index in [1.807, 2.05) is 12.1 Å². The summed E-state index contributed by atoms with van der Waals surface area (Å²) in [5.41, 5.74) is 2.79. The lowest BCUT2D eigenvalue weighted by molar-refractivity contribution is 0.0342. The Hall–Kier alpha value is -4.03. The Morgan fingerprint density at radius 1 is 1.17 bits per heavy atom. The van der Waals surface area contributed by atoms with E-state index in [-0.39, 0.29) is 17.6 Å². The first-order chi connectivity index (χ1) is 17.1. The third-order valence-corrected chi connectivity index (χ3v) is 5.98. The number of aromatic nitrogens is 6. The Morgan fingerprint density at radius 3 is 2.69 bits per heavy atom. The number of aromatic hydroxyl groups is 1. The van der Waals surface area contributed by atoms with Gasteiger partial charge in [0.2, 0.25) is 11.8 Å². The van der Waals surface area contributed by atoms with E-state index in [1.54, 1.807) is 16.8 Å². The standard InChI is InChI=1S/C23H25N9O3/c33-20-18(27-23(34)29-20)11-15-12-24-32-19(15)28-21(30-22(32)26-17-5-6-17)25-16-3-1-14(2-4-16)13-31-7-9-35-10-8-31/h1-4,11-12,17,33H,5-10,13H2,(H,25,26,30)(H2,27,29,34). The first-order valence-electron chi connectivity index (χ1n) is 11.6. The zero-order chi connectivity index (χ0) is 23.8. The molecule has 180 valence electrons. The first kappa shape index (κ1) is 21.5. The number of imidazole rings is 1. The average molecular weight is 476 g/mol. The largest absolute Gasteiger partial charge is 0.493 e. The van der Waals surface area contributed by atoms with Crippen molar-refractivity contribution in [2.45, 2.75) is 25.4 Å². The van der Waals surface area contributed by atoms with Crippen LogP contribution in [0.5, 0.6) is 5.88 Å². The third kappa shape index (κ3) is 4.79. The molecule has 2 aliphatic rings. The molecule has 0 atom stereocenters. The number of fused-ring (bicyclic) bond motifs is 1. The average Bonchev–Trinajstić information content (AvgIpc) is 3.49. The fourth-order valence-electron chi connectivity index (χ4n) is 3.98. The zero-order valence-corrected chi connectivity index (χ0v) is 18.9. The lowest BCUT2D eigenvalue weighted by atomic mass is 10.2. The fourth-order valence-corrected chi connectivity index (χ4v) is 3.98. The summed E-state index contributed by atoms with van der Waals surface area (Å²) in [6.45, 7) is 4.34. The molecule has 0 spiro atoms. The van der Waals surface area contributed by atoms with Crippen LogP contribution in [0.2, 0.25) is 0 Å². The van der Waals surface area contributed by atoms with E-state index in [1.165, 1.54) is 5.56 Å². The van der Waals surface area contributed by atoms with E-state index < -0.39 is 5.69 Å². The Bertz CT molecular complexity index is 1530. The van der Waals surface area contributed by atoms with E-state index >= 15 is 0 Å². The van der Waals surface area contributed by atoms with Crippen molar-refractivity contribution in [1.29, 1.82) is 0 Å². The Morgan fingerprint density at radius 2 is 1.97 bits per heavy atom. The second-order valence-corrected chi connectivity index (χ2v) is 8.74. The van der Waals surface area contributed by atoms with Crippen molar-refractivity contribution >= 4 is 23.4 Å². The number of anilines is 2. The molecule has 1 aromatic carbocycles. The minimum Gasteiger partial charge on any atom is -0.493 e. The normalized spacial score (nSPS) is 17.9. The third-order valence-electron chi connectivity index (χ3n) is 5.98. The highest BCUT2D eigenvalue weighted by atomic mass is 16.5. The topological polar surface area (TPSA) is 149 Å². The number of morpholine rings is 1. The van der Waals surface area contributed by atoms with Crippen molar-refractivity contribution in [3.63, 3.8) is 0 Å². The van der Waals surface area contributed by atoms with Gasteiger partial charge in [0.25, 0.3) is 5.62 Å². The van der Waals surface area contributed by atoms with Crippen molar-refractivity contribution in [3.05, 3.63) is 63.0 Å². The lowest BCUT2D eigenvalue weighted by Crippen LogP contribution is -2.35. The number of hydrogen-bond acceptors (Lipinski definition) is 9. The molecule has 3 aromatic heterocycles. The van der Waals surface area contributed by atoms with Crippen LogP contribution in [-0.4, -0.2) is 71.9 Å². The second-order valence-electron chi connectivity index (χ2n) is 8.74. The Labute approximate surface area is 199 Å². The van der Waals surface area contributed by atoms with Crippen LogP contribution in [0.1, 0.15) is 24.1 Å². The van der Waals surface area contributed by atoms with Gasteiger partial charge in [-0.25, -0.2) is 9.79 Å². The molecule has 12 nitrogen and oxygen atoms in total. The highest BCUT2D eigenvalue weighted by molar-refractivity contribution is 5.59. The first-order valence-corrected chi connectivity index (χ1v) is 11.6. The highest BCUT2D eigenvalue weighted by Gasteiger charge is 2.21. The number of rotatable bonds is 6. The molecule has 1 saturated heterocycles. The molecule has 1 aliphatic carbocycles. The predicted octanol–water partition coefficient (Wildman–Crippen LogP) is 0.0329. The molecule has 1 aliphatic heterocycles. The maximum absolute atomic E-state index is 11.5. The summed E-state index contributed by atoms with van der Waals surface area (Å²) in [5.74, 6) is 0.140. The van der Waals surface area contributed by atoms with Gasteiger partial charge < -0.3 is 20.1 Å². The molecule has 35 heavy (non-hydrogen) atoms. The van der Waals surface area contributed by atoms with Gasteiger partial charge in [-0.2, -0.15) is 19.6 Å². The van der Waals surface area contributed by atoms with Gasteiger partial charge in [0.05, 0.1) is 25.5 Å². The number of nitrogens with zero attached hydrogens (tertiary/aromatic N) is 6. The minimum absolute atomic E-state index is 0.238. The Balaban J connectivity index is 1.32. The van der Waals surface area contributed by atoms with Crippen LogP contribution in [0, 0.1) is 0 Å². The van der Waals surface area contributed by atoms with Crippen LogP contribution in [0.4, 0.5) is 11.6 Å². The summed E-state index contributed by atoms with van der Waals surface area (Å²) in [4.78, 5) is 32.7. The van der Waals surface area contributed by atoms with Crippen molar-refractivity contribution in [3.8, 4) is 5.88 Å². The van der Waals surface area contributed by atoms with Crippen LogP contribution in [0.15, 0.2) is 40.2 Å². The van der Waals surface area contributed by atoms with Gasteiger partial charge in [0, 0.05) is 30.5 Å². The molecular weight excluding hydrogens is 450 g/mol. The van der Waals surface area contributed by atoms with E-state index in [0.717, 1.165) is 51.4 Å². The van der Waals surface area contributed by atoms with Gasteiger partial charge in [-0.1, -0.05) is 12.1 Å². The summed E-state index contributed by atoms with van der Waals surface area (Å²) < 4.78 is 6.99. The molecule has 4 N–H and O–H groups in total. The Kier molecular flexibility index (Phi) is 5.51. The maximum Gasteiger partial charge on any atom is 0.326 e. The minimum atomic E-state index is -0.497. The molecule has 0 bridgehead atoms. The van der Waals surface area contributed by atoms with E-state index in [2.05, 4.69) is 52.4 Å². The summed E-state index contributed by atoms with van der Waals surface area (Å²) in [6, 6.07) is 8.44. The quantitative estimate of drug-likeness (QED) is 0.305. The lowest BCUT2D eigenvalue weighted by Gasteiger charge is -2.26. The summed E-state index contributed by atoms with van der Waals surface area (Å²) >= 11 is 0. The number of nitrogens with one attached hydrogen (secondary N) is 3. The number of benzene rings is 1. The second kappa shape index (κ2) is 8.96. The van der Waals surface area contributed by atoms with E-state index in [9.17, 15) is 9.90 Å². The van der Waals surface area contributed by atoms with Crippen molar-refractivity contribution in [2.24, 2.45) is 4.99 Å². The fraction of sp³-hybridized carbons (Fsp3) is 0.348. The van der Waals surface area contributed by atoms with Gasteiger partial charge in [-0.3, -0.25) is 9.88 Å². The molecule has 4 aromatic rings. The van der Waals surface area contributed by atoms with Crippen LogP contribution in [0.3, 0.4) is 0 Å². The molecular formula is C23H25N9O3. The molecule has 4 heterocycles. The molecule has 0 radical (unpaired) electrons. The van der Waals surface area contributed by atoms with Crippen molar-refractivity contribution in [1.82, 2.24) is 34.4 Å². The molecule has 12 heteroatoms. The van der Waals surface area contributed by atoms with Crippen molar-refractivity contribution < 1.29 is 9.84 Å². The van der Waals surface area contributed by atoms with Gasteiger partial charge in [0.1, 0.15) is 5.69 Å². The van der Waals surface area contributed by atoms with Crippen LogP contribution in [0.25, 0.3) is 11.7 Å². The van der Waals surface area contributed by atoms with Crippen LogP contribution >= 0.6 is 0 Å². The number of ether oxygens (including phenoxy) is 1. The van der Waals surface area contributed by atoms with Gasteiger partial charge in [-0.05, 0) is 36.6 Å². The smallest absolute Gasteiger partial charge is 0.326 e. The summed E-state index contributed by atoms with van der Waals surface area (Å²) in [6.07, 6.45) is 5.26. The molecule has 1 saturated carbocycles. The maximum atomic E-state index is 11.5. The molecule has 0 amide bonds. The van der Waals surface area contributed by atoms with E-state index in [0.29, 0.717) is 22.4 Å². The molecule has 0 unspecified atom stereocenters. The van der Waals surface area contributed by atoms with E-state index in [4.69, 9.17) is 4.74 Å². The van der Waals surface area contributed by atoms with Crippen LogP contribution < -0.4 is 21.8 Å². The van der Waals surface area contributed by atoms with Crippen LogP contribution in [-0.2, 0) is 11.3 Å². The van der Waals surface area contributed by atoms with Gasteiger partial charge in [-0.15, -0.1) is 0 Å². The summed E-state index contributed by atoms with van der Waals surface area (Å²) in [7, 11) is 0. The number of H-pyrrole nitrogens is 2. The molecule has 2 fully saturated rings. The van der Waals surface area contributed by atoms with Crippen molar-refractivity contribution in [2.75, 3.05) is 31.6 Å². The molecule has 6 rings (SSSR count). The zero-order valence-electron chi connectivity index (χ0n) is 18.9. The monoisotopic (exact) mass is 475 g/mol. The summed E-state index contributed by atoms with van der Waals surface area (Å²) in [5, 5.41) is 18.2. The van der Waals surface area contributed by atoms with Gasteiger partial charge in [0.15, 0.2) is 5.65 Å². The SMILES string of the molecule is O=c1[nH]c(O)c(C=c2cnn3c(=NC4CC4)nc(Nc4ccc(CN5CCOCC5)cc4)nc23)[nH]1. The highest BCUT2D eigenvalue weighted by Crippen LogP contribution is 2.22. The number of hydrogen-bond donors (Lipinski definition) is 4. The number of aromatic amines is 2. The predicted molar refractivity (Wildman–Crippen MR) is 127 cm³/mol.